The Morgan fingerprint density at radius 1 is 0.864 bits per heavy atom. The molecule has 1 heterocycles. The van der Waals surface area contributed by atoms with E-state index in [4.69, 9.17) is 4.74 Å². The molecule has 0 bridgehead atoms. The number of para-hydroxylation sites is 2. The van der Waals surface area contributed by atoms with E-state index in [1.54, 1.807) is 24.3 Å². The zero-order chi connectivity index (χ0) is 15.6. The first-order valence-corrected chi connectivity index (χ1v) is 6.48. The molecule has 0 fully saturated rings. The van der Waals surface area contributed by atoms with Gasteiger partial charge in [-0.25, -0.2) is 4.68 Å². The van der Waals surface area contributed by atoms with Crippen LogP contribution in [0.15, 0.2) is 67.0 Å². The first-order valence-electron chi connectivity index (χ1n) is 6.48. The Kier molecular flexibility index (Phi) is 3.58. The summed E-state index contributed by atoms with van der Waals surface area (Å²) in [6, 6.07) is 14.2. The highest BCUT2D eigenvalue weighted by molar-refractivity contribution is 5.43. The van der Waals surface area contributed by atoms with Gasteiger partial charge in [-0.1, -0.05) is 30.3 Å². The average molecular weight is 304 g/mol. The van der Waals surface area contributed by atoms with Crippen LogP contribution in [-0.4, -0.2) is 9.78 Å². The van der Waals surface area contributed by atoms with Gasteiger partial charge < -0.3 is 4.74 Å². The molecule has 6 heteroatoms. The van der Waals surface area contributed by atoms with Crippen LogP contribution in [0.5, 0.6) is 11.5 Å². The lowest BCUT2D eigenvalue weighted by Gasteiger charge is -2.12. The van der Waals surface area contributed by atoms with Gasteiger partial charge in [0.25, 0.3) is 0 Å². The van der Waals surface area contributed by atoms with Crippen molar-refractivity contribution >= 4 is 0 Å². The SMILES string of the molecule is FC(F)(F)c1ccccc1-n1cc(Oc2ccccc2)cn1. The maximum atomic E-state index is 13.0. The number of benzene rings is 2. The summed E-state index contributed by atoms with van der Waals surface area (Å²) in [4.78, 5) is 0. The monoisotopic (exact) mass is 304 g/mol. The summed E-state index contributed by atoms with van der Waals surface area (Å²) in [5.41, 5.74) is -0.790. The molecule has 22 heavy (non-hydrogen) atoms. The minimum atomic E-state index is -4.44. The van der Waals surface area contributed by atoms with Gasteiger partial charge in [0.1, 0.15) is 5.75 Å². The maximum Gasteiger partial charge on any atom is 0.418 e. The maximum absolute atomic E-state index is 13.0. The van der Waals surface area contributed by atoms with E-state index in [0.717, 1.165) is 10.7 Å². The summed E-state index contributed by atoms with van der Waals surface area (Å²) in [5, 5.41) is 3.95. The van der Waals surface area contributed by atoms with E-state index in [0.29, 0.717) is 11.5 Å². The molecular formula is C16H11F3N2O. The third kappa shape index (κ3) is 2.95. The minimum absolute atomic E-state index is 0.0436. The molecule has 3 rings (SSSR count). The summed E-state index contributed by atoms with van der Waals surface area (Å²) in [6.45, 7) is 0. The third-order valence-corrected chi connectivity index (χ3v) is 2.99. The molecule has 2 aromatic carbocycles. The zero-order valence-electron chi connectivity index (χ0n) is 11.3. The predicted octanol–water partition coefficient (Wildman–Crippen LogP) is 4.68. The van der Waals surface area contributed by atoms with E-state index in [2.05, 4.69) is 5.10 Å². The quantitative estimate of drug-likeness (QED) is 0.702. The largest absolute Gasteiger partial charge is 0.454 e. The Morgan fingerprint density at radius 3 is 2.27 bits per heavy atom. The van der Waals surface area contributed by atoms with Crippen molar-refractivity contribution in [3.63, 3.8) is 0 Å². The van der Waals surface area contributed by atoms with E-state index >= 15 is 0 Å². The molecule has 0 aliphatic heterocycles. The van der Waals surface area contributed by atoms with Crippen LogP contribution in [0.25, 0.3) is 5.69 Å². The van der Waals surface area contributed by atoms with Gasteiger partial charge in [-0.05, 0) is 24.3 Å². The molecule has 0 radical (unpaired) electrons. The van der Waals surface area contributed by atoms with E-state index < -0.39 is 11.7 Å². The van der Waals surface area contributed by atoms with Gasteiger partial charge in [0, 0.05) is 0 Å². The molecule has 0 atom stereocenters. The van der Waals surface area contributed by atoms with E-state index in [1.807, 2.05) is 6.07 Å². The summed E-state index contributed by atoms with van der Waals surface area (Å²) >= 11 is 0. The second kappa shape index (κ2) is 5.55. The molecule has 3 aromatic rings. The Balaban J connectivity index is 1.92. The second-order valence-corrected chi connectivity index (χ2v) is 4.55. The number of hydrogen-bond donors (Lipinski definition) is 0. The van der Waals surface area contributed by atoms with Crippen molar-refractivity contribution in [1.29, 1.82) is 0 Å². The highest BCUT2D eigenvalue weighted by atomic mass is 19.4. The highest BCUT2D eigenvalue weighted by Gasteiger charge is 2.33. The summed E-state index contributed by atoms with van der Waals surface area (Å²) < 4.78 is 45.7. The number of hydrogen-bond acceptors (Lipinski definition) is 2. The molecule has 1 aromatic heterocycles. The minimum Gasteiger partial charge on any atom is -0.454 e. The lowest BCUT2D eigenvalue weighted by atomic mass is 10.2. The molecule has 0 unspecified atom stereocenters. The molecule has 0 amide bonds. The molecule has 0 saturated heterocycles. The topological polar surface area (TPSA) is 27.1 Å². The number of rotatable bonds is 3. The van der Waals surface area contributed by atoms with Gasteiger partial charge in [0.05, 0.1) is 23.6 Å². The number of ether oxygens (including phenoxy) is 1. The van der Waals surface area contributed by atoms with E-state index in [9.17, 15) is 13.2 Å². The molecule has 0 aliphatic rings. The lowest BCUT2D eigenvalue weighted by molar-refractivity contribution is -0.137. The number of aromatic nitrogens is 2. The summed E-state index contributed by atoms with van der Waals surface area (Å²) in [7, 11) is 0. The number of alkyl halides is 3. The Labute approximate surface area is 124 Å². The van der Waals surface area contributed by atoms with Gasteiger partial charge in [-0.2, -0.15) is 18.3 Å². The fourth-order valence-electron chi connectivity index (χ4n) is 2.03. The molecule has 0 saturated carbocycles. The van der Waals surface area contributed by atoms with Gasteiger partial charge in [-0.15, -0.1) is 0 Å². The Morgan fingerprint density at radius 2 is 1.55 bits per heavy atom. The summed E-state index contributed by atoms with van der Waals surface area (Å²) in [5.74, 6) is 0.953. The third-order valence-electron chi connectivity index (χ3n) is 2.99. The fraction of sp³-hybridized carbons (Fsp3) is 0.0625. The molecule has 112 valence electrons. The van der Waals surface area contributed by atoms with Crippen LogP contribution in [-0.2, 0) is 6.18 Å². The van der Waals surface area contributed by atoms with Crippen molar-refractivity contribution < 1.29 is 17.9 Å². The van der Waals surface area contributed by atoms with Crippen molar-refractivity contribution in [3.05, 3.63) is 72.6 Å². The Bertz CT molecular complexity index is 766. The van der Waals surface area contributed by atoms with Crippen molar-refractivity contribution in [1.82, 2.24) is 9.78 Å². The van der Waals surface area contributed by atoms with Crippen molar-refractivity contribution in [3.8, 4) is 17.2 Å². The van der Waals surface area contributed by atoms with E-state index in [1.165, 1.54) is 30.6 Å². The highest BCUT2D eigenvalue weighted by Crippen LogP contribution is 2.34. The standard InChI is InChI=1S/C16H11F3N2O/c17-16(18,19)14-8-4-5-9-15(14)21-11-13(10-20-21)22-12-6-2-1-3-7-12/h1-11H. The van der Waals surface area contributed by atoms with Crippen LogP contribution in [0.3, 0.4) is 0 Å². The van der Waals surface area contributed by atoms with Crippen molar-refractivity contribution in [2.45, 2.75) is 6.18 Å². The van der Waals surface area contributed by atoms with Crippen LogP contribution in [0, 0.1) is 0 Å². The molecule has 0 spiro atoms. The fourth-order valence-corrected chi connectivity index (χ4v) is 2.03. The predicted molar refractivity (Wildman–Crippen MR) is 75.1 cm³/mol. The first-order chi connectivity index (χ1) is 10.5. The van der Waals surface area contributed by atoms with Gasteiger partial charge in [0.15, 0.2) is 5.75 Å². The second-order valence-electron chi connectivity index (χ2n) is 4.55. The molecule has 0 N–H and O–H groups in total. The van der Waals surface area contributed by atoms with Crippen LogP contribution >= 0.6 is 0 Å². The van der Waals surface area contributed by atoms with Crippen LogP contribution < -0.4 is 4.74 Å². The zero-order valence-corrected chi connectivity index (χ0v) is 11.3. The smallest absolute Gasteiger partial charge is 0.418 e. The molecule has 3 nitrogen and oxygen atoms in total. The van der Waals surface area contributed by atoms with Crippen molar-refractivity contribution in [2.75, 3.05) is 0 Å². The average Bonchev–Trinajstić information content (AvgIpc) is 2.96. The van der Waals surface area contributed by atoms with Crippen LogP contribution in [0.2, 0.25) is 0 Å². The van der Waals surface area contributed by atoms with Crippen LogP contribution in [0.1, 0.15) is 5.56 Å². The van der Waals surface area contributed by atoms with E-state index in [-0.39, 0.29) is 5.69 Å². The molecular weight excluding hydrogens is 293 g/mol. The number of nitrogens with zero attached hydrogens (tertiary/aromatic N) is 2. The number of halogens is 3. The summed E-state index contributed by atoms with van der Waals surface area (Å²) in [6.07, 6.45) is -1.65. The van der Waals surface area contributed by atoms with Crippen molar-refractivity contribution in [2.24, 2.45) is 0 Å². The normalized spacial score (nSPS) is 11.4. The van der Waals surface area contributed by atoms with Gasteiger partial charge in [-0.3, -0.25) is 0 Å². The first kappa shape index (κ1) is 14.2. The molecule has 0 aliphatic carbocycles. The lowest BCUT2D eigenvalue weighted by Crippen LogP contribution is -2.10. The van der Waals surface area contributed by atoms with Gasteiger partial charge in [0.2, 0.25) is 0 Å². The van der Waals surface area contributed by atoms with Gasteiger partial charge >= 0.3 is 6.18 Å². The van der Waals surface area contributed by atoms with Crippen LogP contribution in [0.4, 0.5) is 13.2 Å². The Hall–Kier alpha value is -2.76.